The number of phenols is 1. The highest BCUT2D eigenvalue weighted by Gasteiger charge is 2.17. The number of benzene rings is 2. The molecule has 3 rings (SSSR count). The minimum Gasteiger partial charge on any atom is -0.508 e. The second-order valence-electron chi connectivity index (χ2n) is 6.19. The van der Waals surface area contributed by atoms with E-state index in [0.29, 0.717) is 12.3 Å². The van der Waals surface area contributed by atoms with Crippen molar-refractivity contribution >= 4 is 5.69 Å². The first kappa shape index (κ1) is 15.8. The van der Waals surface area contributed by atoms with Gasteiger partial charge < -0.3 is 15.5 Å². The summed E-state index contributed by atoms with van der Waals surface area (Å²) < 4.78 is 0. The average Bonchev–Trinajstić information content (AvgIpc) is 2.56. The van der Waals surface area contributed by atoms with Crippen molar-refractivity contribution < 1.29 is 10.2 Å². The molecule has 1 fully saturated rings. The molecule has 4 nitrogen and oxygen atoms in total. The molecule has 1 heterocycles. The first-order valence-corrected chi connectivity index (χ1v) is 8.21. The molecule has 0 atom stereocenters. The van der Waals surface area contributed by atoms with Gasteiger partial charge in [-0.05, 0) is 42.2 Å². The number of para-hydroxylation sites is 1. The standard InChI is InChI=1S/C19H24N2O2/c22-17-8-10-21(11-9-17)14-16-5-1-2-7-19(16)20-13-15-4-3-6-18(23)12-15/h1-7,12,17,20,22-23H,8-11,13-14H2. The molecule has 0 aromatic heterocycles. The van der Waals surface area contributed by atoms with E-state index in [1.165, 1.54) is 5.56 Å². The van der Waals surface area contributed by atoms with E-state index >= 15 is 0 Å². The lowest BCUT2D eigenvalue weighted by Gasteiger charge is -2.30. The van der Waals surface area contributed by atoms with Crippen LogP contribution in [0.3, 0.4) is 0 Å². The van der Waals surface area contributed by atoms with Gasteiger partial charge in [0.15, 0.2) is 0 Å². The second kappa shape index (κ2) is 7.49. The molecular weight excluding hydrogens is 288 g/mol. The Morgan fingerprint density at radius 3 is 2.61 bits per heavy atom. The number of aliphatic hydroxyl groups excluding tert-OH is 1. The van der Waals surface area contributed by atoms with E-state index in [1.807, 2.05) is 18.2 Å². The third kappa shape index (κ3) is 4.47. The number of likely N-dealkylation sites (tertiary alicyclic amines) is 1. The molecule has 3 N–H and O–H groups in total. The van der Waals surface area contributed by atoms with Crippen molar-refractivity contribution in [3.05, 3.63) is 59.7 Å². The quantitative estimate of drug-likeness (QED) is 0.794. The van der Waals surface area contributed by atoms with Gasteiger partial charge in [-0.25, -0.2) is 0 Å². The maximum atomic E-state index is 9.62. The topological polar surface area (TPSA) is 55.7 Å². The zero-order valence-corrected chi connectivity index (χ0v) is 13.3. The van der Waals surface area contributed by atoms with Gasteiger partial charge in [0.05, 0.1) is 6.10 Å². The Morgan fingerprint density at radius 2 is 1.83 bits per heavy atom. The number of aliphatic hydroxyl groups is 1. The van der Waals surface area contributed by atoms with Gasteiger partial charge in [0, 0.05) is 31.9 Å². The molecule has 0 radical (unpaired) electrons. The Bertz CT molecular complexity index is 637. The minimum absolute atomic E-state index is 0.134. The molecule has 1 aliphatic rings. The molecule has 1 aliphatic heterocycles. The fourth-order valence-electron chi connectivity index (χ4n) is 3.01. The maximum Gasteiger partial charge on any atom is 0.115 e. The monoisotopic (exact) mass is 312 g/mol. The van der Waals surface area contributed by atoms with Crippen LogP contribution in [0.5, 0.6) is 5.75 Å². The Hall–Kier alpha value is -2.04. The summed E-state index contributed by atoms with van der Waals surface area (Å²) in [6, 6.07) is 15.7. The normalized spacial score (nSPS) is 16.4. The number of nitrogens with zero attached hydrogens (tertiary/aromatic N) is 1. The van der Waals surface area contributed by atoms with Gasteiger partial charge in [0.1, 0.15) is 5.75 Å². The largest absolute Gasteiger partial charge is 0.508 e. The van der Waals surface area contributed by atoms with Gasteiger partial charge >= 0.3 is 0 Å². The Kier molecular flexibility index (Phi) is 5.16. The van der Waals surface area contributed by atoms with E-state index in [-0.39, 0.29) is 6.10 Å². The first-order valence-electron chi connectivity index (χ1n) is 8.21. The third-order valence-electron chi connectivity index (χ3n) is 4.36. The molecule has 2 aromatic rings. The van der Waals surface area contributed by atoms with Crippen molar-refractivity contribution in [1.82, 2.24) is 4.90 Å². The van der Waals surface area contributed by atoms with Gasteiger partial charge in [0.25, 0.3) is 0 Å². The van der Waals surface area contributed by atoms with Crippen LogP contribution in [0.15, 0.2) is 48.5 Å². The zero-order valence-electron chi connectivity index (χ0n) is 13.3. The smallest absolute Gasteiger partial charge is 0.115 e. The lowest BCUT2D eigenvalue weighted by molar-refractivity contribution is 0.0793. The van der Waals surface area contributed by atoms with Crippen LogP contribution >= 0.6 is 0 Å². The summed E-state index contributed by atoms with van der Waals surface area (Å²) in [5.41, 5.74) is 3.45. The van der Waals surface area contributed by atoms with Gasteiger partial charge in [-0.15, -0.1) is 0 Å². The Labute approximate surface area is 137 Å². The van der Waals surface area contributed by atoms with Gasteiger partial charge in [-0.1, -0.05) is 30.3 Å². The Morgan fingerprint density at radius 1 is 1.04 bits per heavy atom. The highest BCUT2D eigenvalue weighted by Crippen LogP contribution is 2.21. The van der Waals surface area contributed by atoms with Gasteiger partial charge in [0.2, 0.25) is 0 Å². The summed E-state index contributed by atoms with van der Waals surface area (Å²) in [5, 5.41) is 22.6. The van der Waals surface area contributed by atoms with E-state index in [9.17, 15) is 10.2 Å². The number of hydrogen-bond acceptors (Lipinski definition) is 4. The summed E-state index contributed by atoms with van der Waals surface area (Å²) in [4.78, 5) is 2.39. The SMILES string of the molecule is Oc1cccc(CNc2ccccc2CN2CCC(O)CC2)c1. The highest BCUT2D eigenvalue weighted by molar-refractivity contribution is 5.51. The summed E-state index contributed by atoms with van der Waals surface area (Å²) in [6.07, 6.45) is 1.59. The van der Waals surface area contributed by atoms with Crippen LogP contribution in [0.25, 0.3) is 0 Å². The lowest BCUT2D eigenvalue weighted by Crippen LogP contribution is -2.35. The number of anilines is 1. The van der Waals surface area contributed by atoms with Crippen LogP contribution in [-0.4, -0.2) is 34.3 Å². The highest BCUT2D eigenvalue weighted by atomic mass is 16.3. The summed E-state index contributed by atoms with van der Waals surface area (Å²) in [6.45, 7) is 3.48. The fraction of sp³-hybridized carbons (Fsp3) is 0.368. The van der Waals surface area contributed by atoms with Crippen molar-refractivity contribution in [3.63, 3.8) is 0 Å². The zero-order chi connectivity index (χ0) is 16.1. The van der Waals surface area contributed by atoms with Crippen molar-refractivity contribution in [3.8, 4) is 5.75 Å². The minimum atomic E-state index is -0.134. The van der Waals surface area contributed by atoms with Crippen molar-refractivity contribution in [2.24, 2.45) is 0 Å². The molecule has 4 heteroatoms. The Balaban J connectivity index is 1.63. The average molecular weight is 312 g/mol. The molecule has 0 amide bonds. The molecule has 0 aliphatic carbocycles. The number of phenolic OH excluding ortho intramolecular Hbond substituents is 1. The van der Waals surface area contributed by atoms with E-state index in [2.05, 4.69) is 28.4 Å². The van der Waals surface area contributed by atoms with E-state index < -0.39 is 0 Å². The molecular formula is C19H24N2O2. The lowest BCUT2D eigenvalue weighted by atomic mass is 10.1. The molecule has 122 valence electrons. The van der Waals surface area contributed by atoms with Gasteiger partial charge in [-0.3, -0.25) is 4.90 Å². The van der Waals surface area contributed by atoms with Crippen molar-refractivity contribution in [1.29, 1.82) is 0 Å². The van der Waals surface area contributed by atoms with E-state index in [0.717, 1.165) is 43.7 Å². The van der Waals surface area contributed by atoms with Crippen LogP contribution in [0, 0.1) is 0 Å². The van der Waals surface area contributed by atoms with Crippen LogP contribution in [0.1, 0.15) is 24.0 Å². The number of hydrogen-bond donors (Lipinski definition) is 3. The summed E-state index contributed by atoms with van der Waals surface area (Å²) >= 11 is 0. The molecule has 2 aromatic carbocycles. The summed E-state index contributed by atoms with van der Waals surface area (Å²) in [7, 11) is 0. The maximum absolute atomic E-state index is 9.62. The number of aromatic hydroxyl groups is 1. The number of rotatable bonds is 5. The fourth-order valence-corrected chi connectivity index (χ4v) is 3.01. The molecule has 0 bridgehead atoms. The molecule has 0 unspecified atom stereocenters. The third-order valence-corrected chi connectivity index (χ3v) is 4.36. The van der Waals surface area contributed by atoms with Crippen molar-refractivity contribution in [2.75, 3.05) is 18.4 Å². The second-order valence-corrected chi connectivity index (χ2v) is 6.19. The van der Waals surface area contributed by atoms with Crippen LogP contribution in [-0.2, 0) is 13.1 Å². The predicted octanol–water partition coefficient (Wildman–Crippen LogP) is 2.96. The van der Waals surface area contributed by atoms with Crippen LogP contribution in [0.2, 0.25) is 0 Å². The molecule has 1 saturated heterocycles. The summed E-state index contributed by atoms with van der Waals surface area (Å²) in [5.74, 6) is 0.296. The predicted molar refractivity (Wildman–Crippen MR) is 92.4 cm³/mol. The first-order chi connectivity index (χ1) is 11.2. The number of piperidine rings is 1. The van der Waals surface area contributed by atoms with E-state index in [4.69, 9.17) is 0 Å². The molecule has 0 spiro atoms. The molecule has 0 saturated carbocycles. The van der Waals surface area contributed by atoms with Crippen LogP contribution in [0.4, 0.5) is 5.69 Å². The molecule has 23 heavy (non-hydrogen) atoms. The van der Waals surface area contributed by atoms with E-state index in [1.54, 1.807) is 12.1 Å². The van der Waals surface area contributed by atoms with Crippen molar-refractivity contribution in [2.45, 2.75) is 32.0 Å². The number of nitrogens with one attached hydrogen (secondary N) is 1. The van der Waals surface area contributed by atoms with Crippen LogP contribution < -0.4 is 5.32 Å². The van der Waals surface area contributed by atoms with Gasteiger partial charge in [-0.2, -0.15) is 0 Å².